The predicted octanol–water partition coefficient (Wildman–Crippen LogP) is 2.82. The van der Waals surface area contributed by atoms with E-state index >= 15 is 0 Å². The number of halogens is 3. The molecular formula is C12H16Cl2FNO. The van der Waals surface area contributed by atoms with Gasteiger partial charge in [0.25, 0.3) is 0 Å². The first-order valence-electron chi connectivity index (χ1n) is 5.43. The summed E-state index contributed by atoms with van der Waals surface area (Å²) in [7, 11) is 0. The summed E-state index contributed by atoms with van der Waals surface area (Å²) in [4.78, 5) is 2.30. The number of alkyl halides is 1. The van der Waals surface area contributed by atoms with Crippen LogP contribution in [0.5, 0.6) is 0 Å². The summed E-state index contributed by atoms with van der Waals surface area (Å²) in [6.45, 7) is 4.28. The molecular weight excluding hydrogens is 264 g/mol. The van der Waals surface area contributed by atoms with Crippen LogP contribution in [-0.4, -0.2) is 31.2 Å². The van der Waals surface area contributed by atoms with Crippen molar-refractivity contribution < 1.29 is 9.13 Å². The normalized spacial score (nSPS) is 16.6. The monoisotopic (exact) mass is 279 g/mol. The largest absolute Gasteiger partial charge is 0.379 e. The molecule has 2 nitrogen and oxygen atoms in total. The van der Waals surface area contributed by atoms with E-state index in [1.807, 2.05) is 12.1 Å². The minimum absolute atomic E-state index is 0. The molecule has 0 aromatic heterocycles. The number of hydrogen-bond donors (Lipinski definition) is 0. The smallest absolute Gasteiger partial charge is 0.127 e. The van der Waals surface area contributed by atoms with Gasteiger partial charge < -0.3 is 4.74 Å². The molecule has 1 aromatic carbocycles. The molecule has 0 N–H and O–H groups in total. The lowest BCUT2D eigenvalue weighted by molar-refractivity contribution is 0.0342. The van der Waals surface area contributed by atoms with Crippen molar-refractivity contribution in [1.29, 1.82) is 0 Å². The summed E-state index contributed by atoms with van der Waals surface area (Å²) in [5.41, 5.74) is 1.69. The van der Waals surface area contributed by atoms with Crippen molar-refractivity contribution in [2.24, 2.45) is 0 Å². The molecule has 1 aromatic rings. The average Bonchev–Trinajstić information content (AvgIpc) is 2.33. The molecule has 2 rings (SSSR count). The average molecular weight is 280 g/mol. The molecule has 0 spiro atoms. The SMILES string of the molecule is Cl.Fc1ccc(CN2CCOCC2)cc1CCl. The molecule has 0 atom stereocenters. The van der Waals surface area contributed by atoms with E-state index < -0.39 is 0 Å². The number of benzene rings is 1. The quantitative estimate of drug-likeness (QED) is 0.789. The Morgan fingerprint density at radius 3 is 2.65 bits per heavy atom. The molecule has 0 aliphatic carbocycles. The summed E-state index contributed by atoms with van der Waals surface area (Å²) in [5.74, 6) is 0.00344. The van der Waals surface area contributed by atoms with Crippen LogP contribution in [0.25, 0.3) is 0 Å². The van der Waals surface area contributed by atoms with Crippen LogP contribution >= 0.6 is 24.0 Å². The number of rotatable bonds is 3. The fourth-order valence-electron chi connectivity index (χ4n) is 1.85. The third-order valence-electron chi connectivity index (χ3n) is 2.76. The van der Waals surface area contributed by atoms with Gasteiger partial charge in [0.05, 0.1) is 19.1 Å². The van der Waals surface area contributed by atoms with Crippen molar-refractivity contribution >= 4 is 24.0 Å². The standard InChI is InChI=1S/C12H15ClFNO.ClH/c13-8-11-7-10(1-2-12(11)14)9-15-3-5-16-6-4-15;/h1-2,7H,3-6,8-9H2;1H. The molecule has 0 radical (unpaired) electrons. The zero-order chi connectivity index (χ0) is 11.4. The molecule has 17 heavy (non-hydrogen) atoms. The van der Waals surface area contributed by atoms with Crippen molar-refractivity contribution in [3.8, 4) is 0 Å². The van der Waals surface area contributed by atoms with Crippen LogP contribution in [0.1, 0.15) is 11.1 Å². The van der Waals surface area contributed by atoms with E-state index in [0.29, 0.717) is 5.56 Å². The summed E-state index contributed by atoms with van der Waals surface area (Å²) >= 11 is 5.67. The molecule has 5 heteroatoms. The minimum Gasteiger partial charge on any atom is -0.379 e. The highest BCUT2D eigenvalue weighted by Gasteiger charge is 2.11. The van der Waals surface area contributed by atoms with Gasteiger partial charge in [-0.2, -0.15) is 0 Å². The van der Waals surface area contributed by atoms with Crippen LogP contribution < -0.4 is 0 Å². The molecule has 0 bridgehead atoms. The number of morpholine rings is 1. The van der Waals surface area contributed by atoms with E-state index in [4.69, 9.17) is 16.3 Å². The second-order valence-electron chi connectivity index (χ2n) is 3.95. The predicted molar refractivity (Wildman–Crippen MR) is 69.3 cm³/mol. The van der Waals surface area contributed by atoms with Gasteiger partial charge in [-0.3, -0.25) is 4.90 Å². The second kappa shape index (κ2) is 7.17. The number of ether oxygens (including phenoxy) is 1. The van der Waals surface area contributed by atoms with Gasteiger partial charge in [-0.05, 0) is 11.6 Å². The first-order chi connectivity index (χ1) is 7.79. The first-order valence-corrected chi connectivity index (χ1v) is 5.96. The summed E-state index contributed by atoms with van der Waals surface area (Å²) < 4.78 is 18.5. The fraction of sp³-hybridized carbons (Fsp3) is 0.500. The third-order valence-corrected chi connectivity index (χ3v) is 3.05. The Labute approximate surface area is 112 Å². The molecule has 1 fully saturated rings. The number of nitrogens with zero attached hydrogens (tertiary/aromatic N) is 1. The van der Waals surface area contributed by atoms with E-state index in [9.17, 15) is 4.39 Å². The Hall–Kier alpha value is -0.350. The second-order valence-corrected chi connectivity index (χ2v) is 4.22. The zero-order valence-corrected chi connectivity index (χ0v) is 11.1. The molecule has 96 valence electrons. The lowest BCUT2D eigenvalue weighted by Gasteiger charge is -2.26. The molecule has 0 unspecified atom stereocenters. The van der Waals surface area contributed by atoms with Gasteiger partial charge >= 0.3 is 0 Å². The van der Waals surface area contributed by atoms with Gasteiger partial charge in [-0.15, -0.1) is 24.0 Å². The van der Waals surface area contributed by atoms with Crippen LogP contribution in [0, 0.1) is 5.82 Å². The van der Waals surface area contributed by atoms with E-state index in [1.165, 1.54) is 6.07 Å². The molecule has 1 heterocycles. The van der Waals surface area contributed by atoms with Gasteiger partial charge in [0.2, 0.25) is 0 Å². The maximum Gasteiger partial charge on any atom is 0.127 e. The van der Waals surface area contributed by atoms with Gasteiger partial charge in [0.1, 0.15) is 5.82 Å². The maximum absolute atomic E-state index is 13.2. The van der Waals surface area contributed by atoms with Gasteiger partial charge in [0.15, 0.2) is 0 Å². The van der Waals surface area contributed by atoms with Crippen molar-refractivity contribution in [3.05, 3.63) is 35.1 Å². The van der Waals surface area contributed by atoms with Gasteiger partial charge in [-0.25, -0.2) is 4.39 Å². The summed E-state index contributed by atoms with van der Waals surface area (Å²) in [6.07, 6.45) is 0. The summed E-state index contributed by atoms with van der Waals surface area (Å²) in [5, 5.41) is 0. The molecule has 0 amide bonds. The Balaban J connectivity index is 0.00000144. The highest BCUT2D eigenvalue weighted by molar-refractivity contribution is 6.17. The summed E-state index contributed by atoms with van der Waals surface area (Å²) in [6, 6.07) is 5.16. The van der Waals surface area contributed by atoms with Crippen LogP contribution in [0.15, 0.2) is 18.2 Å². The topological polar surface area (TPSA) is 12.5 Å². The molecule has 1 aliphatic heterocycles. The van der Waals surface area contributed by atoms with Gasteiger partial charge in [-0.1, -0.05) is 12.1 Å². The third kappa shape index (κ3) is 4.11. The van der Waals surface area contributed by atoms with Gasteiger partial charge in [0, 0.05) is 25.2 Å². The molecule has 1 saturated heterocycles. The van der Waals surface area contributed by atoms with E-state index in [-0.39, 0.29) is 24.1 Å². The van der Waals surface area contributed by atoms with Crippen LogP contribution in [0.3, 0.4) is 0 Å². The maximum atomic E-state index is 13.2. The fourth-order valence-corrected chi connectivity index (χ4v) is 2.05. The Bertz CT molecular complexity index is 356. The van der Waals surface area contributed by atoms with Crippen LogP contribution in [0.4, 0.5) is 4.39 Å². The lowest BCUT2D eigenvalue weighted by Crippen LogP contribution is -2.35. The molecule has 0 saturated carbocycles. The Morgan fingerprint density at radius 1 is 1.29 bits per heavy atom. The van der Waals surface area contributed by atoms with Crippen molar-refractivity contribution in [2.75, 3.05) is 26.3 Å². The first kappa shape index (κ1) is 14.7. The van der Waals surface area contributed by atoms with Crippen molar-refractivity contribution in [2.45, 2.75) is 12.4 Å². The Kier molecular flexibility index (Phi) is 6.20. The van der Waals surface area contributed by atoms with E-state index in [0.717, 1.165) is 38.4 Å². The van der Waals surface area contributed by atoms with E-state index in [1.54, 1.807) is 0 Å². The van der Waals surface area contributed by atoms with Crippen molar-refractivity contribution in [1.82, 2.24) is 4.90 Å². The number of hydrogen-bond acceptors (Lipinski definition) is 2. The lowest BCUT2D eigenvalue weighted by atomic mass is 10.1. The highest BCUT2D eigenvalue weighted by atomic mass is 35.5. The minimum atomic E-state index is -0.222. The Morgan fingerprint density at radius 2 is 2.00 bits per heavy atom. The van der Waals surface area contributed by atoms with Crippen LogP contribution in [-0.2, 0) is 17.2 Å². The van der Waals surface area contributed by atoms with Crippen LogP contribution in [0.2, 0.25) is 0 Å². The van der Waals surface area contributed by atoms with Crippen molar-refractivity contribution in [3.63, 3.8) is 0 Å². The highest BCUT2D eigenvalue weighted by Crippen LogP contribution is 2.15. The zero-order valence-electron chi connectivity index (χ0n) is 9.49. The van der Waals surface area contributed by atoms with E-state index in [2.05, 4.69) is 4.90 Å². The molecule has 1 aliphatic rings.